The number of hydrogen-bond donors (Lipinski definition) is 6. The van der Waals surface area contributed by atoms with Crippen LogP contribution in [-0.2, 0) is 19.2 Å². The van der Waals surface area contributed by atoms with Gasteiger partial charge in [0.25, 0.3) is 0 Å². The highest BCUT2D eigenvalue weighted by Crippen LogP contribution is 2.34. The van der Waals surface area contributed by atoms with Crippen LogP contribution >= 0.6 is 0 Å². The van der Waals surface area contributed by atoms with Gasteiger partial charge in [0.2, 0.25) is 0 Å². The average Bonchev–Trinajstić information content (AvgIpc) is 2.83. The molecule has 0 saturated heterocycles. The molecule has 14 heteroatoms. The molecule has 0 aliphatic carbocycles. The SMILES string of the molecule is COc1ccc(O)c(C(C(=O)O)N(CCN(CC(=O)O)C(C(=O)O)c2cc(OC)ccc2O)CC(=O)O)c1. The van der Waals surface area contributed by atoms with Crippen LogP contribution in [-0.4, -0.2) is 105 Å². The summed E-state index contributed by atoms with van der Waals surface area (Å²) in [7, 11) is 2.62. The van der Waals surface area contributed by atoms with Crippen molar-refractivity contribution in [1.29, 1.82) is 0 Å². The van der Waals surface area contributed by atoms with Gasteiger partial charge in [-0.2, -0.15) is 0 Å². The number of carboxylic acid groups (broad SMARTS) is 4. The van der Waals surface area contributed by atoms with Gasteiger partial charge in [-0.25, -0.2) is 0 Å². The van der Waals surface area contributed by atoms with E-state index in [4.69, 9.17) is 9.47 Å². The number of rotatable bonds is 15. The molecular formula is C24H28N2O12. The van der Waals surface area contributed by atoms with Gasteiger partial charge in [-0.1, -0.05) is 0 Å². The molecule has 2 aromatic carbocycles. The van der Waals surface area contributed by atoms with E-state index in [1.807, 2.05) is 0 Å². The number of carbonyl (C=O) groups is 4. The van der Waals surface area contributed by atoms with Gasteiger partial charge in [-0.15, -0.1) is 0 Å². The molecular weight excluding hydrogens is 508 g/mol. The van der Waals surface area contributed by atoms with Crippen LogP contribution in [0.2, 0.25) is 0 Å². The van der Waals surface area contributed by atoms with Gasteiger partial charge in [0.05, 0.1) is 27.3 Å². The number of ether oxygens (including phenoxy) is 2. The van der Waals surface area contributed by atoms with Crippen molar-refractivity contribution in [2.75, 3.05) is 40.4 Å². The Bertz CT molecular complexity index is 1090. The number of methoxy groups -OCH3 is 2. The van der Waals surface area contributed by atoms with Crippen LogP contribution in [0.25, 0.3) is 0 Å². The van der Waals surface area contributed by atoms with Crippen LogP contribution in [0, 0.1) is 0 Å². The molecule has 2 aromatic rings. The summed E-state index contributed by atoms with van der Waals surface area (Å²) in [6, 6.07) is 4.07. The van der Waals surface area contributed by atoms with E-state index in [0.717, 1.165) is 9.80 Å². The van der Waals surface area contributed by atoms with Gasteiger partial charge >= 0.3 is 23.9 Å². The molecule has 206 valence electrons. The molecule has 2 rings (SSSR count). The van der Waals surface area contributed by atoms with Crippen molar-refractivity contribution in [1.82, 2.24) is 9.80 Å². The minimum Gasteiger partial charge on any atom is -0.508 e. The van der Waals surface area contributed by atoms with Crippen LogP contribution in [0.4, 0.5) is 0 Å². The predicted molar refractivity (Wildman–Crippen MR) is 128 cm³/mol. The number of hydrogen-bond acceptors (Lipinski definition) is 10. The maximum atomic E-state index is 12.2. The Hall–Kier alpha value is -4.56. The van der Waals surface area contributed by atoms with Gasteiger partial charge in [-0.3, -0.25) is 29.0 Å². The molecule has 14 nitrogen and oxygen atoms in total. The molecule has 0 aliphatic heterocycles. The minimum absolute atomic E-state index is 0.186. The first kappa shape index (κ1) is 29.7. The van der Waals surface area contributed by atoms with E-state index in [9.17, 15) is 49.8 Å². The number of nitrogens with zero attached hydrogens (tertiary/aromatic N) is 2. The van der Waals surface area contributed by atoms with Crippen LogP contribution in [0.1, 0.15) is 23.2 Å². The van der Waals surface area contributed by atoms with Gasteiger partial charge < -0.3 is 40.1 Å². The zero-order chi connectivity index (χ0) is 28.6. The van der Waals surface area contributed by atoms with E-state index >= 15 is 0 Å². The summed E-state index contributed by atoms with van der Waals surface area (Å²) in [5, 5.41) is 59.4. The summed E-state index contributed by atoms with van der Waals surface area (Å²) in [4.78, 5) is 49.6. The second-order valence-corrected chi connectivity index (χ2v) is 8.06. The highest BCUT2D eigenvalue weighted by atomic mass is 16.5. The quantitative estimate of drug-likeness (QED) is 0.186. The Morgan fingerprint density at radius 3 is 1.29 bits per heavy atom. The average molecular weight is 536 g/mol. The predicted octanol–water partition coefficient (Wildman–Crippen LogP) is 0.840. The van der Waals surface area contributed by atoms with Gasteiger partial charge in [-0.05, 0) is 36.4 Å². The molecule has 0 radical (unpaired) electrons. The molecule has 0 heterocycles. The summed E-state index contributed by atoms with van der Waals surface area (Å²) >= 11 is 0. The number of aromatic hydroxyl groups is 2. The first-order valence-electron chi connectivity index (χ1n) is 11.0. The number of aliphatic carboxylic acids is 4. The van der Waals surface area contributed by atoms with Crippen molar-refractivity contribution in [2.24, 2.45) is 0 Å². The maximum absolute atomic E-state index is 12.2. The van der Waals surface area contributed by atoms with Crippen molar-refractivity contribution >= 4 is 23.9 Å². The van der Waals surface area contributed by atoms with Crippen LogP contribution in [0.3, 0.4) is 0 Å². The molecule has 38 heavy (non-hydrogen) atoms. The Kier molecular flexibility index (Phi) is 10.2. The molecule has 0 saturated carbocycles. The van der Waals surface area contributed by atoms with E-state index in [1.165, 1.54) is 50.6 Å². The molecule has 0 bridgehead atoms. The third kappa shape index (κ3) is 7.47. The van der Waals surface area contributed by atoms with Crippen LogP contribution in [0.5, 0.6) is 23.0 Å². The largest absolute Gasteiger partial charge is 0.508 e. The highest BCUT2D eigenvalue weighted by molar-refractivity contribution is 5.79. The van der Waals surface area contributed by atoms with Crippen LogP contribution in [0.15, 0.2) is 36.4 Å². The van der Waals surface area contributed by atoms with E-state index < -0.39 is 73.6 Å². The standard InChI is InChI=1S/C24H28N2O12/c1-37-13-3-5-17(27)15(9-13)21(23(33)34)25(11-19(29)30)7-8-26(12-20(31)32)22(24(35)36)16-10-14(38-2)4-6-18(16)28/h3-6,9-10,21-22,27-28H,7-8,11-12H2,1-2H3,(H,29,30)(H,31,32)(H,33,34)(H,35,36). The smallest absolute Gasteiger partial charge is 0.325 e. The third-order valence-electron chi connectivity index (χ3n) is 5.61. The van der Waals surface area contributed by atoms with Crippen molar-refractivity contribution in [3.05, 3.63) is 47.5 Å². The minimum atomic E-state index is -1.72. The number of phenols is 2. The third-order valence-corrected chi connectivity index (χ3v) is 5.61. The van der Waals surface area contributed by atoms with E-state index in [1.54, 1.807) is 0 Å². The first-order valence-corrected chi connectivity index (χ1v) is 11.0. The van der Waals surface area contributed by atoms with Crippen molar-refractivity contribution < 1.29 is 59.3 Å². The van der Waals surface area contributed by atoms with Gasteiger partial charge in [0, 0.05) is 24.2 Å². The van der Waals surface area contributed by atoms with Crippen molar-refractivity contribution in [2.45, 2.75) is 12.1 Å². The molecule has 0 fully saturated rings. The summed E-state index contributed by atoms with van der Waals surface area (Å²) in [6.45, 7) is -2.61. The Labute approximate surface area is 216 Å². The summed E-state index contributed by atoms with van der Waals surface area (Å²) in [5.74, 6) is -6.45. The Balaban J connectivity index is 2.52. The normalized spacial score (nSPS) is 12.6. The molecule has 6 N–H and O–H groups in total. The monoisotopic (exact) mass is 536 g/mol. The van der Waals surface area contributed by atoms with Crippen LogP contribution < -0.4 is 9.47 Å². The topological polar surface area (TPSA) is 215 Å². The summed E-state index contributed by atoms with van der Waals surface area (Å²) < 4.78 is 10.1. The first-order chi connectivity index (χ1) is 17.9. The number of benzene rings is 2. The Morgan fingerprint density at radius 2 is 1.03 bits per heavy atom. The van der Waals surface area contributed by atoms with E-state index in [0.29, 0.717) is 0 Å². The lowest BCUT2D eigenvalue weighted by atomic mass is 10.0. The molecule has 0 spiro atoms. The summed E-state index contributed by atoms with van der Waals surface area (Å²) in [5.41, 5.74) is -0.383. The Morgan fingerprint density at radius 1 is 0.684 bits per heavy atom. The molecule has 0 aromatic heterocycles. The lowest BCUT2D eigenvalue weighted by Crippen LogP contribution is -2.46. The molecule has 2 atom stereocenters. The second kappa shape index (κ2) is 13.1. The number of phenolic OH excluding ortho intramolecular Hbond substituents is 2. The lowest BCUT2D eigenvalue weighted by molar-refractivity contribution is -0.150. The van der Waals surface area contributed by atoms with Crippen molar-refractivity contribution in [3.63, 3.8) is 0 Å². The van der Waals surface area contributed by atoms with Crippen molar-refractivity contribution in [3.8, 4) is 23.0 Å². The molecule has 2 unspecified atom stereocenters. The molecule has 0 amide bonds. The zero-order valence-corrected chi connectivity index (χ0v) is 20.5. The van der Waals surface area contributed by atoms with E-state index in [-0.39, 0.29) is 22.6 Å². The second-order valence-electron chi connectivity index (χ2n) is 8.06. The molecule has 0 aliphatic rings. The highest BCUT2D eigenvalue weighted by Gasteiger charge is 2.35. The summed E-state index contributed by atoms with van der Waals surface area (Å²) in [6.07, 6.45) is 0. The fourth-order valence-corrected chi connectivity index (χ4v) is 3.93. The number of carboxylic acids is 4. The van der Waals surface area contributed by atoms with E-state index in [2.05, 4.69) is 0 Å². The van der Waals surface area contributed by atoms with Gasteiger partial charge in [0.1, 0.15) is 35.1 Å². The maximum Gasteiger partial charge on any atom is 0.325 e. The zero-order valence-electron chi connectivity index (χ0n) is 20.5. The fourth-order valence-electron chi connectivity index (χ4n) is 3.93. The van der Waals surface area contributed by atoms with Gasteiger partial charge in [0.15, 0.2) is 0 Å². The fraction of sp³-hybridized carbons (Fsp3) is 0.333. The lowest BCUT2D eigenvalue weighted by Gasteiger charge is -2.33.